The molecule has 31 heavy (non-hydrogen) atoms. The summed E-state index contributed by atoms with van der Waals surface area (Å²) in [5.74, 6) is -3.45. The van der Waals surface area contributed by atoms with Crippen molar-refractivity contribution < 1.29 is 26.8 Å². The minimum absolute atomic E-state index is 0.0549. The maximum Gasteiger partial charge on any atom is 0.326 e. The van der Waals surface area contributed by atoms with Gasteiger partial charge in [0.1, 0.15) is 17.2 Å². The van der Waals surface area contributed by atoms with Gasteiger partial charge in [-0.25, -0.2) is 22.0 Å². The van der Waals surface area contributed by atoms with Gasteiger partial charge in [0.2, 0.25) is 0 Å². The van der Waals surface area contributed by atoms with Crippen molar-refractivity contribution in [2.75, 3.05) is 5.32 Å². The third kappa shape index (κ3) is 4.95. The Morgan fingerprint density at radius 2 is 1.42 bits per heavy atom. The predicted octanol–water partition coefficient (Wildman–Crippen LogP) is 4.46. The first kappa shape index (κ1) is 22.1. The zero-order chi connectivity index (χ0) is 22.6. The van der Waals surface area contributed by atoms with E-state index >= 15 is 0 Å². The number of imide groups is 1. The number of halogens is 2. The Kier molecular flexibility index (Phi) is 6.45. The van der Waals surface area contributed by atoms with E-state index < -0.39 is 44.2 Å². The smallest absolute Gasteiger partial charge is 0.308 e. The zero-order valence-electron chi connectivity index (χ0n) is 16.3. The molecule has 0 saturated carbocycles. The van der Waals surface area contributed by atoms with Crippen molar-refractivity contribution in [3.8, 4) is 0 Å². The number of urea groups is 1. The Balaban J connectivity index is 1.69. The topological polar surface area (TPSA) is 92.3 Å². The SMILES string of the molecule is CC(c1ccccc1)S(=O)(=O)c1ccc(NC(=O)NC(=O)c2c(F)cccc2F)cc1. The summed E-state index contributed by atoms with van der Waals surface area (Å²) >= 11 is 0. The number of hydrogen-bond acceptors (Lipinski definition) is 4. The summed E-state index contributed by atoms with van der Waals surface area (Å²) in [4.78, 5) is 24.0. The largest absolute Gasteiger partial charge is 0.326 e. The molecule has 0 radical (unpaired) electrons. The number of sulfone groups is 1. The highest BCUT2D eigenvalue weighted by atomic mass is 32.2. The van der Waals surface area contributed by atoms with E-state index in [1.165, 1.54) is 24.3 Å². The average Bonchev–Trinajstić information content (AvgIpc) is 2.74. The third-order valence-electron chi connectivity index (χ3n) is 4.59. The van der Waals surface area contributed by atoms with Gasteiger partial charge < -0.3 is 5.32 Å². The van der Waals surface area contributed by atoms with Crippen LogP contribution in [-0.2, 0) is 9.84 Å². The average molecular weight is 444 g/mol. The fourth-order valence-electron chi connectivity index (χ4n) is 2.88. The molecule has 6 nitrogen and oxygen atoms in total. The van der Waals surface area contributed by atoms with Gasteiger partial charge in [-0.05, 0) is 48.9 Å². The second kappa shape index (κ2) is 9.05. The van der Waals surface area contributed by atoms with Gasteiger partial charge in [-0.3, -0.25) is 10.1 Å². The quantitative estimate of drug-likeness (QED) is 0.608. The Labute approximate surface area is 177 Å². The summed E-state index contributed by atoms with van der Waals surface area (Å²) in [6.07, 6.45) is 0. The minimum atomic E-state index is -3.67. The lowest BCUT2D eigenvalue weighted by Gasteiger charge is -2.14. The van der Waals surface area contributed by atoms with Crippen LogP contribution in [0, 0.1) is 11.6 Å². The van der Waals surface area contributed by atoms with E-state index in [1.807, 2.05) is 5.32 Å². The molecule has 1 atom stereocenters. The molecule has 9 heteroatoms. The fourth-order valence-corrected chi connectivity index (χ4v) is 4.32. The third-order valence-corrected chi connectivity index (χ3v) is 6.72. The standard InChI is InChI=1S/C22H18F2N2O4S/c1-14(15-6-3-2-4-7-15)31(29,30)17-12-10-16(11-13-17)25-22(28)26-21(27)20-18(23)8-5-9-19(20)24/h2-14H,1H3,(H2,25,26,27,28). The summed E-state index contributed by atoms with van der Waals surface area (Å²) in [6.45, 7) is 1.58. The number of hydrogen-bond donors (Lipinski definition) is 2. The van der Waals surface area contributed by atoms with E-state index in [9.17, 15) is 26.8 Å². The van der Waals surface area contributed by atoms with Crippen LogP contribution in [0.25, 0.3) is 0 Å². The summed E-state index contributed by atoms with van der Waals surface area (Å²) in [6, 6.07) is 15.9. The Bertz CT molecular complexity index is 1190. The molecule has 160 valence electrons. The molecule has 0 spiro atoms. The number of benzene rings is 3. The van der Waals surface area contributed by atoms with Gasteiger partial charge in [-0.2, -0.15) is 0 Å². The molecule has 3 aromatic carbocycles. The highest BCUT2D eigenvalue weighted by molar-refractivity contribution is 7.91. The van der Waals surface area contributed by atoms with Crippen LogP contribution in [0.4, 0.5) is 19.3 Å². The Hall–Kier alpha value is -3.59. The normalized spacial score (nSPS) is 12.1. The van der Waals surface area contributed by atoms with Gasteiger partial charge in [-0.15, -0.1) is 0 Å². The molecule has 3 amide bonds. The number of carbonyl (C=O) groups excluding carboxylic acids is 2. The number of rotatable bonds is 5. The molecule has 0 aromatic heterocycles. The van der Waals surface area contributed by atoms with E-state index in [2.05, 4.69) is 5.32 Å². The van der Waals surface area contributed by atoms with Gasteiger partial charge in [0.15, 0.2) is 9.84 Å². The van der Waals surface area contributed by atoms with Crippen LogP contribution >= 0.6 is 0 Å². The highest BCUT2D eigenvalue weighted by Crippen LogP contribution is 2.29. The van der Waals surface area contributed by atoms with E-state index in [-0.39, 0.29) is 10.6 Å². The molecule has 0 aliphatic heterocycles. The maximum atomic E-state index is 13.6. The lowest BCUT2D eigenvalue weighted by molar-refractivity contribution is 0.0959. The summed E-state index contributed by atoms with van der Waals surface area (Å²) in [5, 5.41) is 3.36. The van der Waals surface area contributed by atoms with Crippen LogP contribution < -0.4 is 10.6 Å². The van der Waals surface area contributed by atoms with E-state index in [0.29, 0.717) is 5.56 Å². The molecule has 0 aliphatic rings. The summed E-state index contributed by atoms with van der Waals surface area (Å²) in [5.41, 5.74) is -0.0532. The van der Waals surface area contributed by atoms with Crippen LogP contribution in [0.3, 0.4) is 0 Å². The molecule has 0 saturated heterocycles. The molecule has 2 N–H and O–H groups in total. The number of anilines is 1. The first-order valence-electron chi connectivity index (χ1n) is 9.15. The molecule has 0 heterocycles. The van der Waals surface area contributed by atoms with Crippen LogP contribution in [0.15, 0.2) is 77.7 Å². The minimum Gasteiger partial charge on any atom is -0.308 e. The lowest BCUT2D eigenvalue weighted by Crippen LogP contribution is -2.35. The predicted molar refractivity (Wildman–Crippen MR) is 111 cm³/mol. The molecule has 3 aromatic rings. The molecule has 0 fully saturated rings. The van der Waals surface area contributed by atoms with Crippen molar-refractivity contribution >= 4 is 27.5 Å². The van der Waals surface area contributed by atoms with Crippen LogP contribution in [0.1, 0.15) is 28.1 Å². The van der Waals surface area contributed by atoms with Crippen molar-refractivity contribution in [3.63, 3.8) is 0 Å². The summed E-state index contributed by atoms with van der Waals surface area (Å²) in [7, 11) is -3.67. The van der Waals surface area contributed by atoms with Crippen molar-refractivity contribution in [3.05, 3.63) is 95.6 Å². The molecule has 1 unspecified atom stereocenters. The maximum absolute atomic E-state index is 13.6. The van der Waals surface area contributed by atoms with Crippen molar-refractivity contribution in [2.24, 2.45) is 0 Å². The molecule has 3 rings (SSSR count). The summed E-state index contributed by atoms with van der Waals surface area (Å²) < 4.78 is 52.9. The van der Waals surface area contributed by atoms with Crippen molar-refractivity contribution in [1.82, 2.24) is 5.32 Å². The van der Waals surface area contributed by atoms with Gasteiger partial charge in [0.05, 0.1) is 10.1 Å². The van der Waals surface area contributed by atoms with Gasteiger partial charge in [-0.1, -0.05) is 36.4 Å². The second-order valence-corrected chi connectivity index (χ2v) is 8.90. The first-order chi connectivity index (χ1) is 14.7. The van der Waals surface area contributed by atoms with Gasteiger partial charge >= 0.3 is 6.03 Å². The first-order valence-corrected chi connectivity index (χ1v) is 10.7. The fraction of sp³-hybridized carbons (Fsp3) is 0.0909. The molecular weight excluding hydrogens is 426 g/mol. The second-order valence-electron chi connectivity index (χ2n) is 6.63. The zero-order valence-corrected chi connectivity index (χ0v) is 17.1. The molecule has 0 aliphatic carbocycles. The van der Waals surface area contributed by atoms with Crippen molar-refractivity contribution in [1.29, 1.82) is 0 Å². The van der Waals surface area contributed by atoms with Gasteiger partial charge in [0.25, 0.3) is 5.91 Å². The van der Waals surface area contributed by atoms with Crippen LogP contribution in [0.2, 0.25) is 0 Å². The van der Waals surface area contributed by atoms with E-state index in [1.54, 1.807) is 37.3 Å². The van der Waals surface area contributed by atoms with E-state index in [0.717, 1.165) is 18.2 Å². The Morgan fingerprint density at radius 1 is 0.839 bits per heavy atom. The number of nitrogens with one attached hydrogen (secondary N) is 2. The van der Waals surface area contributed by atoms with Gasteiger partial charge in [0, 0.05) is 5.69 Å². The van der Waals surface area contributed by atoms with Crippen LogP contribution in [-0.4, -0.2) is 20.4 Å². The number of carbonyl (C=O) groups is 2. The van der Waals surface area contributed by atoms with Crippen LogP contribution in [0.5, 0.6) is 0 Å². The lowest BCUT2D eigenvalue weighted by atomic mass is 10.2. The highest BCUT2D eigenvalue weighted by Gasteiger charge is 2.25. The van der Waals surface area contributed by atoms with Crippen molar-refractivity contribution in [2.45, 2.75) is 17.1 Å². The number of amides is 3. The van der Waals surface area contributed by atoms with E-state index in [4.69, 9.17) is 0 Å². The Morgan fingerprint density at radius 3 is 2.00 bits per heavy atom. The molecular formula is C22H18F2N2O4S. The monoisotopic (exact) mass is 444 g/mol. The molecule has 0 bridgehead atoms.